The molecule has 3 heterocycles. The van der Waals surface area contributed by atoms with Crippen molar-refractivity contribution in [2.75, 3.05) is 0 Å². The summed E-state index contributed by atoms with van der Waals surface area (Å²) < 4.78 is 4.64. The summed E-state index contributed by atoms with van der Waals surface area (Å²) in [5.74, 6) is 1.82. The van der Waals surface area contributed by atoms with E-state index < -0.39 is 0 Å². The van der Waals surface area contributed by atoms with E-state index in [9.17, 15) is 0 Å². The predicted octanol–water partition coefficient (Wildman–Crippen LogP) is 12.7. The zero-order chi connectivity index (χ0) is 37.0. The summed E-state index contributed by atoms with van der Waals surface area (Å²) in [6.07, 6.45) is 0. The van der Waals surface area contributed by atoms with Gasteiger partial charge in [-0.3, -0.25) is 4.57 Å². The van der Waals surface area contributed by atoms with E-state index >= 15 is 0 Å². The minimum atomic E-state index is 0.574. The molecule has 0 fully saturated rings. The molecule has 0 bridgehead atoms. The van der Waals surface area contributed by atoms with Gasteiger partial charge in [-0.1, -0.05) is 170 Å². The predicted molar refractivity (Wildman–Crippen MR) is 230 cm³/mol. The first-order chi connectivity index (χ1) is 27.8. The Hall–Kier alpha value is -7.63. The van der Waals surface area contributed by atoms with Gasteiger partial charge in [0.15, 0.2) is 11.6 Å². The molecule has 11 aromatic rings. The zero-order valence-corrected chi connectivity index (χ0v) is 30.3. The quantitative estimate of drug-likeness (QED) is 0.172. The van der Waals surface area contributed by atoms with Crippen LogP contribution in [0.15, 0.2) is 200 Å². The van der Waals surface area contributed by atoms with Gasteiger partial charge in [-0.2, -0.15) is 9.97 Å². The second-order valence-electron chi connectivity index (χ2n) is 14.0. The summed E-state index contributed by atoms with van der Waals surface area (Å²) in [4.78, 5) is 15.5. The number of nitrogens with zero attached hydrogens (tertiary/aromatic N) is 5. The molecule has 0 amide bonds. The first-order valence-corrected chi connectivity index (χ1v) is 18.9. The van der Waals surface area contributed by atoms with Crippen molar-refractivity contribution in [3.05, 3.63) is 200 Å². The molecule has 5 nitrogen and oxygen atoms in total. The van der Waals surface area contributed by atoms with Crippen molar-refractivity contribution in [1.82, 2.24) is 24.1 Å². The van der Waals surface area contributed by atoms with Crippen LogP contribution in [0.5, 0.6) is 0 Å². The maximum Gasteiger partial charge on any atom is 0.238 e. The molecule has 0 atom stereocenters. The van der Waals surface area contributed by atoms with Crippen LogP contribution in [0.2, 0.25) is 0 Å². The zero-order valence-electron chi connectivity index (χ0n) is 30.3. The number of rotatable bonds is 6. The van der Waals surface area contributed by atoms with Crippen LogP contribution in [0.3, 0.4) is 0 Å². The second-order valence-corrected chi connectivity index (χ2v) is 14.0. The smallest absolute Gasteiger partial charge is 0.238 e. The van der Waals surface area contributed by atoms with E-state index in [2.05, 4.69) is 185 Å². The second kappa shape index (κ2) is 13.0. The number of hydrogen-bond donors (Lipinski definition) is 0. The Bertz CT molecular complexity index is 3220. The van der Waals surface area contributed by atoms with Crippen LogP contribution < -0.4 is 0 Å². The highest BCUT2D eigenvalue weighted by atomic mass is 15.2. The number of benzene rings is 8. The van der Waals surface area contributed by atoms with Gasteiger partial charge < -0.3 is 4.57 Å². The molecule has 0 aliphatic heterocycles. The summed E-state index contributed by atoms with van der Waals surface area (Å²) in [7, 11) is 0. The highest BCUT2D eigenvalue weighted by Crippen LogP contribution is 2.43. The molecular formula is C51H33N5. The Kier molecular flexibility index (Phi) is 7.42. The lowest BCUT2D eigenvalue weighted by molar-refractivity contribution is 0.953. The normalized spacial score (nSPS) is 11.6. The van der Waals surface area contributed by atoms with Crippen molar-refractivity contribution >= 4 is 43.6 Å². The van der Waals surface area contributed by atoms with Crippen LogP contribution in [0.25, 0.3) is 100 Å². The molecule has 0 saturated carbocycles. The molecule has 0 spiro atoms. The first kappa shape index (κ1) is 31.9. The molecular weight excluding hydrogens is 683 g/mol. The maximum absolute atomic E-state index is 5.25. The molecule has 0 saturated heterocycles. The van der Waals surface area contributed by atoms with Crippen molar-refractivity contribution < 1.29 is 0 Å². The molecule has 0 radical (unpaired) electrons. The van der Waals surface area contributed by atoms with Gasteiger partial charge in [-0.15, -0.1) is 0 Å². The van der Waals surface area contributed by atoms with Gasteiger partial charge in [0, 0.05) is 38.2 Å². The topological polar surface area (TPSA) is 48.5 Å². The van der Waals surface area contributed by atoms with E-state index in [1.807, 2.05) is 24.3 Å². The highest BCUT2D eigenvalue weighted by Gasteiger charge is 2.23. The lowest BCUT2D eigenvalue weighted by Crippen LogP contribution is -2.06. The van der Waals surface area contributed by atoms with Gasteiger partial charge in [0.2, 0.25) is 5.95 Å². The van der Waals surface area contributed by atoms with Crippen molar-refractivity contribution in [3.8, 4) is 56.7 Å². The molecule has 0 N–H and O–H groups in total. The fourth-order valence-electron chi connectivity index (χ4n) is 8.28. The van der Waals surface area contributed by atoms with Crippen LogP contribution in [-0.2, 0) is 0 Å². The van der Waals surface area contributed by atoms with E-state index in [1.54, 1.807) is 0 Å². The third-order valence-electron chi connectivity index (χ3n) is 10.8. The van der Waals surface area contributed by atoms with Crippen LogP contribution in [0.1, 0.15) is 0 Å². The van der Waals surface area contributed by atoms with E-state index in [1.165, 1.54) is 32.8 Å². The number of fused-ring (bicyclic) bond motifs is 7. The van der Waals surface area contributed by atoms with Gasteiger partial charge in [0.05, 0.1) is 27.8 Å². The van der Waals surface area contributed by atoms with Gasteiger partial charge in [0.1, 0.15) is 0 Å². The fourth-order valence-corrected chi connectivity index (χ4v) is 8.28. The molecule has 11 rings (SSSR count). The highest BCUT2D eigenvalue weighted by molar-refractivity contribution is 6.29. The Morgan fingerprint density at radius 2 is 0.714 bits per heavy atom. The molecule has 3 aromatic heterocycles. The minimum Gasteiger partial charge on any atom is -0.309 e. The van der Waals surface area contributed by atoms with Crippen molar-refractivity contribution in [2.45, 2.75) is 0 Å². The third kappa shape index (κ3) is 5.13. The molecule has 56 heavy (non-hydrogen) atoms. The van der Waals surface area contributed by atoms with Gasteiger partial charge in [-0.05, 0) is 47.0 Å². The lowest BCUT2D eigenvalue weighted by Gasteiger charge is -2.14. The number of hydrogen-bond acceptors (Lipinski definition) is 3. The van der Waals surface area contributed by atoms with Crippen LogP contribution >= 0.6 is 0 Å². The fraction of sp³-hybridized carbons (Fsp3) is 0. The Morgan fingerprint density at radius 1 is 0.286 bits per heavy atom. The summed E-state index contributed by atoms with van der Waals surface area (Å²) in [6.45, 7) is 0. The molecule has 8 aromatic carbocycles. The van der Waals surface area contributed by atoms with E-state index in [0.717, 1.165) is 49.8 Å². The summed E-state index contributed by atoms with van der Waals surface area (Å²) >= 11 is 0. The molecule has 5 heteroatoms. The standard InChI is InChI=1S/C51H33N5/c1-4-16-34(17-5-1)35-28-30-38(31-29-35)50-52-49(37-20-8-3-9-21-37)53-51(54-50)56-44-27-15-12-24-41(44)48-46(56)33-32-45-47(48)40-23-11-14-26-43(40)55(45)42-25-13-10-22-39(42)36-18-6-2-7-19-36/h1-33H. The van der Waals surface area contributed by atoms with Crippen LogP contribution in [-0.4, -0.2) is 24.1 Å². The maximum atomic E-state index is 5.25. The van der Waals surface area contributed by atoms with E-state index in [-0.39, 0.29) is 0 Å². The first-order valence-electron chi connectivity index (χ1n) is 18.9. The summed E-state index contributed by atoms with van der Waals surface area (Å²) in [6, 6.07) is 70.3. The average molecular weight is 716 g/mol. The summed E-state index contributed by atoms with van der Waals surface area (Å²) in [5, 5.41) is 4.70. The Labute approximate surface area is 323 Å². The van der Waals surface area contributed by atoms with Crippen molar-refractivity contribution in [3.63, 3.8) is 0 Å². The number of aromatic nitrogens is 5. The van der Waals surface area contributed by atoms with E-state index in [0.29, 0.717) is 17.6 Å². The lowest BCUT2D eigenvalue weighted by atomic mass is 10.0. The molecule has 0 aliphatic carbocycles. The van der Waals surface area contributed by atoms with Gasteiger partial charge in [-0.25, -0.2) is 4.98 Å². The minimum absolute atomic E-state index is 0.574. The van der Waals surface area contributed by atoms with Gasteiger partial charge in [0.25, 0.3) is 0 Å². The van der Waals surface area contributed by atoms with Crippen molar-refractivity contribution in [2.24, 2.45) is 0 Å². The van der Waals surface area contributed by atoms with Crippen molar-refractivity contribution in [1.29, 1.82) is 0 Å². The largest absolute Gasteiger partial charge is 0.309 e. The molecule has 262 valence electrons. The van der Waals surface area contributed by atoms with Crippen LogP contribution in [0.4, 0.5) is 0 Å². The SMILES string of the molecule is c1ccc(-c2ccc(-c3nc(-c4ccccc4)nc(-n4c5ccccc5c5c6c7ccccc7n(-c7ccccc7-c7ccccc7)c6ccc54)n3)cc2)cc1. The molecule has 0 aliphatic rings. The van der Waals surface area contributed by atoms with Crippen LogP contribution in [0, 0.1) is 0 Å². The average Bonchev–Trinajstić information content (AvgIpc) is 3.80. The number of para-hydroxylation sites is 3. The molecule has 0 unspecified atom stereocenters. The third-order valence-corrected chi connectivity index (χ3v) is 10.8. The Morgan fingerprint density at radius 3 is 1.34 bits per heavy atom. The Balaban J connectivity index is 1.18. The van der Waals surface area contributed by atoms with Gasteiger partial charge >= 0.3 is 0 Å². The monoisotopic (exact) mass is 715 g/mol. The summed E-state index contributed by atoms with van der Waals surface area (Å²) in [5.41, 5.74) is 12.0. The van der Waals surface area contributed by atoms with E-state index in [4.69, 9.17) is 15.0 Å².